The highest BCUT2D eigenvalue weighted by Crippen LogP contribution is 2.32. The summed E-state index contributed by atoms with van der Waals surface area (Å²) in [5.74, 6) is -0.561. The molecule has 2 heterocycles. The molecule has 1 N–H and O–H groups in total. The zero-order valence-electron chi connectivity index (χ0n) is 13.6. The van der Waals surface area contributed by atoms with Crippen LogP contribution in [0.1, 0.15) is 24.6 Å². The van der Waals surface area contributed by atoms with E-state index in [1.54, 1.807) is 11.3 Å². The Morgan fingerprint density at radius 1 is 1.19 bits per heavy atom. The van der Waals surface area contributed by atoms with E-state index < -0.39 is 17.1 Å². The van der Waals surface area contributed by atoms with Crippen LogP contribution in [0.3, 0.4) is 0 Å². The molecule has 0 radical (unpaired) electrons. The van der Waals surface area contributed by atoms with Crippen LogP contribution in [0.2, 0.25) is 0 Å². The summed E-state index contributed by atoms with van der Waals surface area (Å²) < 4.78 is 37.6. The van der Waals surface area contributed by atoms with Crippen LogP contribution < -0.4 is 5.32 Å². The predicted molar refractivity (Wildman–Crippen MR) is 95.4 cm³/mol. The zero-order valence-corrected chi connectivity index (χ0v) is 15.3. The van der Waals surface area contributed by atoms with Crippen molar-refractivity contribution < 1.29 is 18.0 Å². The quantitative estimate of drug-likeness (QED) is 0.686. The number of alkyl halides is 3. The first-order chi connectivity index (χ1) is 12.3. The Morgan fingerprint density at radius 3 is 2.58 bits per heavy atom. The van der Waals surface area contributed by atoms with Crippen molar-refractivity contribution in [2.24, 2.45) is 0 Å². The van der Waals surface area contributed by atoms with Crippen LogP contribution >= 0.6 is 22.7 Å². The van der Waals surface area contributed by atoms with E-state index in [0.717, 1.165) is 27.3 Å². The fourth-order valence-electron chi connectivity index (χ4n) is 2.30. The minimum Gasteiger partial charge on any atom is -0.351 e. The second-order valence-electron chi connectivity index (χ2n) is 5.41. The summed E-state index contributed by atoms with van der Waals surface area (Å²) >= 11 is 1.88. The molecule has 0 aliphatic heterocycles. The molecule has 0 saturated heterocycles. The molecule has 2 aromatic heterocycles. The molecule has 3 rings (SSSR count). The van der Waals surface area contributed by atoms with Gasteiger partial charge in [0.15, 0.2) is 5.01 Å². The molecule has 9 heteroatoms. The molecule has 0 spiro atoms. The summed E-state index contributed by atoms with van der Waals surface area (Å²) in [6.45, 7) is 2.28. The number of hydrogen-bond donors (Lipinski definition) is 1. The highest BCUT2D eigenvalue weighted by atomic mass is 32.1. The van der Waals surface area contributed by atoms with E-state index >= 15 is 0 Å². The van der Waals surface area contributed by atoms with Gasteiger partial charge in [-0.05, 0) is 6.92 Å². The summed E-state index contributed by atoms with van der Waals surface area (Å²) in [6.07, 6.45) is -3.08. The first-order valence-corrected chi connectivity index (χ1v) is 9.31. The van der Waals surface area contributed by atoms with E-state index in [-0.39, 0.29) is 4.88 Å². The van der Waals surface area contributed by atoms with Gasteiger partial charge in [-0.3, -0.25) is 4.79 Å². The van der Waals surface area contributed by atoms with E-state index in [1.807, 2.05) is 37.3 Å². The number of rotatable bonds is 5. The summed E-state index contributed by atoms with van der Waals surface area (Å²) in [5.41, 5.74) is 1.94. The van der Waals surface area contributed by atoms with E-state index in [1.165, 1.54) is 0 Å². The van der Waals surface area contributed by atoms with Crippen LogP contribution in [0.25, 0.3) is 11.3 Å². The zero-order chi connectivity index (χ0) is 18.7. The van der Waals surface area contributed by atoms with Gasteiger partial charge in [0.1, 0.15) is 4.88 Å². The van der Waals surface area contributed by atoms with Gasteiger partial charge in [0, 0.05) is 23.4 Å². The Balaban J connectivity index is 1.58. The molecule has 4 nitrogen and oxygen atoms in total. The standard InChI is InChI=1S/C17H14F3N3OS2/c1-10-14(11-5-3-2-4-6-11)23-13(25-10)7-8-21-15(24)12-9-22-16(26-12)17(18,19)20/h2-6,9H,7-8H2,1H3,(H,21,24). The third-order valence-electron chi connectivity index (χ3n) is 3.48. The lowest BCUT2D eigenvalue weighted by atomic mass is 10.1. The first kappa shape index (κ1) is 18.5. The van der Waals surface area contributed by atoms with Crippen LogP contribution in [0.4, 0.5) is 13.2 Å². The van der Waals surface area contributed by atoms with Crippen molar-refractivity contribution in [3.05, 3.63) is 56.3 Å². The van der Waals surface area contributed by atoms with E-state index in [2.05, 4.69) is 15.3 Å². The topological polar surface area (TPSA) is 54.9 Å². The number of aryl methyl sites for hydroxylation is 1. The number of carbonyl (C=O) groups is 1. The summed E-state index contributed by atoms with van der Waals surface area (Å²) in [5, 5.41) is 2.45. The number of benzene rings is 1. The maximum absolute atomic E-state index is 12.5. The number of aromatic nitrogens is 2. The SMILES string of the molecule is Cc1sc(CCNC(=O)c2cnc(C(F)(F)F)s2)nc1-c1ccccc1. The van der Waals surface area contributed by atoms with Gasteiger partial charge >= 0.3 is 6.18 Å². The van der Waals surface area contributed by atoms with Crippen LogP contribution in [0, 0.1) is 6.92 Å². The maximum atomic E-state index is 12.5. The molecule has 1 aromatic carbocycles. The monoisotopic (exact) mass is 397 g/mol. The number of amides is 1. The fraction of sp³-hybridized carbons (Fsp3) is 0.235. The van der Waals surface area contributed by atoms with E-state index in [0.29, 0.717) is 24.3 Å². The van der Waals surface area contributed by atoms with Gasteiger partial charge in [-0.2, -0.15) is 13.2 Å². The number of nitrogens with zero attached hydrogens (tertiary/aromatic N) is 2. The molecule has 0 atom stereocenters. The number of thiazole rings is 2. The molecule has 0 unspecified atom stereocenters. The van der Waals surface area contributed by atoms with Crippen LogP contribution in [-0.4, -0.2) is 22.4 Å². The van der Waals surface area contributed by atoms with Crippen molar-refractivity contribution in [1.29, 1.82) is 0 Å². The van der Waals surface area contributed by atoms with Crippen molar-refractivity contribution in [3.8, 4) is 11.3 Å². The average molecular weight is 397 g/mol. The first-order valence-electron chi connectivity index (χ1n) is 7.67. The Morgan fingerprint density at radius 2 is 1.92 bits per heavy atom. The highest BCUT2D eigenvalue weighted by Gasteiger charge is 2.35. The van der Waals surface area contributed by atoms with Crippen LogP contribution in [0.15, 0.2) is 36.5 Å². The number of hydrogen-bond acceptors (Lipinski definition) is 5. The van der Waals surface area contributed by atoms with Gasteiger partial charge in [0.25, 0.3) is 5.91 Å². The minimum atomic E-state index is -4.53. The molecule has 0 aliphatic carbocycles. The number of carbonyl (C=O) groups excluding carboxylic acids is 1. The maximum Gasteiger partial charge on any atom is 0.443 e. The highest BCUT2D eigenvalue weighted by molar-refractivity contribution is 7.13. The molecule has 0 bridgehead atoms. The van der Waals surface area contributed by atoms with Crippen molar-refractivity contribution in [2.45, 2.75) is 19.5 Å². The van der Waals surface area contributed by atoms with Gasteiger partial charge < -0.3 is 5.32 Å². The van der Waals surface area contributed by atoms with Gasteiger partial charge in [-0.1, -0.05) is 30.3 Å². The Hall–Kier alpha value is -2.26. The molecule has 3 aromatic rings. The second kappa shape index (κ2) is 7.55. The van der Waals surface area contributed by atoms with E-state index in [4.69, 9.17) is 0 Å². The molecule has 0 aliphatic rings. The molecular formula is C17H14F3N3OS2. The molecule has 0 fully saturated rings. The summed E-state index contributed by atoms with van der Waals surface area (Å²) in [4.78, 5) is 20.8. The number of nitrogens with one attached hydrogen (secondary N) is 1. The van der Waals surface area contributed by atoms with Crippen LogP contribution in [0.5, 0.6) is 0 Å². The second-order valence-corrected chi connectivity index (χ2v) is 7.73. The third kappa shape index (κ3) is 4.28. The van der Waals surface area contributed by atoms with Crippen molar-refractivity contribution >= 4 is 28.6 Å². The fourth-order valence-corrected chi connectivity index (χ4v) is 3.96. The summed E-state index contributed by atoms with van der Waals surface area (Å²) in [7, 11) is 0. The summed E-state index contributed by atoms with van der Waals surface area (Å²) in [6, 6.07) is 9.78. The molecule has 26 heavy (non-hydrogen) atoms. The van der Waals surface area contributed by atoms with Crippen LogP contribution in [-0.2, 0) is 12.6 Å². The molecular weight excluding hydrogens is 383 g/mol. The average Bonchev–Trinajstić information content (AvgIpc) is 3.22. The van der Waals surface area contributed by atoms with Gasteiger partial charge in [-0.15, -0.1) is 22.7 Å². The molecule has 136 valence electrons. The third-order valence-corrected chi connectivity index (χ3v) is 5.56. The lowest BCUT2D eigenvalue weighted by Crippen LogP contribution is -2.24. The van der Waals surface area contributed by atoms with Crippen molar-refractivity contribution in [2.75, 3.05) is 6.54 Å². The Bertz CT molecular complexity index is 904. The largest absolute Gasteiger partial charge is 0.443 e. The minimum absolute atomic E-state index is 0.0578. The van der Waals surface area contributed by atoms with Gasteiger partial charge in [0.05, 0.1) is 16.9 Å². The number of halogens is 3. The smallest absolute Gasteiger partial charge is 0.351 e. The van der Waals surface area contributed by atoms with Crippen molar-refractivity contribution in [3.63, 3.8) is 0 Å². The lowest BCUT2D eigenvalue weighted by molar-refractivity contribution is -0.137. The normalized spacial score (nSPS) is 11.5. The van der Waals surface area contributed by atoms with Crippen molar-refractivity contribution in [1.82, 2.24) is 15.3 Å². The van der Waals surface area contributed by atoms with E-state index in [9.17, 15) is 18.0 Å². The molecule has 1 amide bonds. The lowest BCUT2D eigenvalue weighted by Gasteiger charge is -2.01. The van der Waals surface area contributed by atoms with Gasteiger partial charge in [-0.25, -0.2) is 9.97 Å². The predicted octanol–water partition coefficient (Wildman–Crippen LogP) is 4.57. The van der Waals surface area contributed by atoms with Gasteiger partial charge in [0.2, 0.25) is 0 Å². The Labute approximate surface area is 155 Å². The Kier molecular flexibility index (Phi) is 5.38. The molecule has 0 saturated carbocycles.